The Morgan fingerprint density at radius 1 is 1.45 bits per heavy atom. The van der Waals surface area contributed by atoms with Gasteiger partial charge in [-0.25, -0.2) is 12.8 Å². The lowest BCUT2D eigenvalue weighted by atomic mass is 10.1. The summed E-state index contributed by atoms with van der Waals surface area (Å²) in [7, 11) is 1.14. The van der Waals surface area contributed by atoms with Crippen LogP contribution in [0.3, 0.4) is 0 Å². The number of rotatable bonds is 5. The molecule has 0 aliphatic rings. The van der Waals surface area contributed by atoms with Gasteiger partial charge in [-0.1, -0.05) is 13.3 Å². The molecule has 0 bridgehead atoms. The highest BCUT2D eigenvalue weighted by Crippen LogP contribution is 2.24. The Kier molecular flexibility index (Phi) is 5.53. The summed E-state index contributed by atoms with van der Waals surface area (Å²) in [6, 6.07) is 1.74. The zero-order valence-electron chi connectivity index (χ0n) is 11.5. The van der Waals surface area contributed by atoms with Crippen LogP contribution >= 0.6 is 10.7 Å². The Labute approximate surface area is 122 Å². The SMILES string of the molecule is CCCC(C)NC(=O)c1cc(F)cc(S(=O)(=O)Cl)c1C. The van der Waals surface area contributed by atoms with E-state index in [1.807, 2.05) is 13.8 Å². The molecule has 0 spiro atoms. The van der Waals surface area contributed by atoms with Gasteiger partial charge in [-0.3, -0.25) is 4.79 Å². The Morgan fingerprint density at radius 3 is 2.55 bits per heavy atom. The predicted molar refractivity (Wildman–Crippen MR) is 76.0 cm³/mol. The molecular formula is C13H17ClFNO3S. The van der Waals surface area contributed by atoms with Crippen LogP contribution in [0.15, 0.2) is 17.0 Å². The van der Waals surface area contributed by atoms with Gasteiger partial charge in [0.1, 0.15) is 5.82 Å². The molecule has 4 nitrogen and oxygen atoms in total. The van der Waals surface area contributed by atoms with E-state index in [9.17, 15) is 17.6 Å². The minimum absolute atomic E-state index is 0.0211. The monoisotopic (exact) mass is 321 g/mol. The average molecular weight is 322 g/mol. The number of benzene rings is 1. The number of hydrogen-bond donors (Lipinski definition) is 1. The fourth-order valence-electron chi connectivity index (χ4n) is 1.95. The first kappa shape index (κ1) is 16.9. The van der Waals surface area contributed by atoms with Crippen molar-refractivity contribution in [1.29, 1.82) is 0 Å². The zero-order chi connectivity index (χ0) is 15.5. The van der Waals surface area contributed by atoms with Crippen molar-refractivity contribution in [2.45, 2.75) is 44.6 Å². The molecule has 0 aliphatic heterocycles. The number of carbonyl (C=O) groups is 1. The molecule has 0 aromatic heterocycles. The number of carbonyl (C=O) groups excluding carboxylic acids is 1. The molecule has 1 atom stereocenters. The lowest BCUT2D eigenvalue weighted by Crippen LogP contribution is -2.33. The Hall–Kier alpha value is -1.14. The minimum Gasteiger partial charge on any atom is -0.350 e. The molecule has 1 N–H and O–H groups in total. The van der Waals surface area contributed by atoms with Gasteiger partial charge in [-0.2, -0.15) is 0 Å². The van der Waals surface area contributed by atoms with E-state index in [4.69, 9.17) is 10.7 Å². The van der Waals surface area contributed by atoms with Gasteiger partial charge in [0.05, 0.1) is 4.90 Å². The van der Waals surface area contributed by atoms with E-state index in [-0.39, 0.29) is 22.1 Å². The third kappa shape index (κ3) is 4.18. The van der Waals surface area contributed by atoms with Crippen molar-refractivity contribution in [1.82, 2.24) is 5.32 Å². The molecular weight excluding hydrogens is 305 g/mol. The molecule has 0 saturated carbocycles. The summed E-state index contributed by atoms with van der Waals surface area (Å²) in [5.74, 6) is -1.33. The fourth-order valence-corrected chi connectivity index (χ4v) is 3.16. The molecule has 1 aromatic carbocycles. The molecule has 1 unspecified atom stereocenters. The standard InChI is InChI=1S/C13H17ClFNO3S/c1-4-5-8(2)16-13(17)11-6-10(15)7-12(9(11)3)20(14,18)19/h6-8H,4-5H2,1-3H3,(H,16,17). The second-order valence-corrected chi connectivity index (χ2v) is 7.21. The summed E-state index contributed by atoms with van der Waals surface area (Å²) in [5.41, 5.74) is 0.120. The lowest BCUT2D eigenvalue weighted by Gasteiger charge is -2.15. The van der Waals surface area contributed by atoms with Crippen molar-refractivity contribution in [3.05, 3.63) is 29.1 Å². The quantitative estimate of drug-likeness (QED) is 0.848. The van der Waals surface area contributed by atoms with E-state index in [1.165, 1.54) is 6.92 Å². The van der Waals surface area contributed by atoms with Gasteiger partial charge >= 0.3 is 0 Å². The van der Waals surface area contributed by atoms with Gasteiger partial charge < -0.3 is 5.32 Å². The second-order valence-electron chi connectivity index (χ2n) is 4.68. The van der Waals surface area contributed by atoms with Crippen LogP contribution in [0.2, 0.25) is 0 Å². The van der Waals surface area contributed by atoms with E-state index in [2.05, 4.69) is 5.32 Å². The molecule has 20 heavy (non-hydrogen) atoms. The Bertz CT molecular complexity index is 616. The van der Waals surface area contributed by atoms with Crippen molar-refractivity contribution in [3.63, 3.8) is 0 Å². The first-order valence-electron chi connectivity index (χ1n) is 6.22. The molecule has 0 fully saturated rings. The number of hydrogen-bond acceptors (Lipinski definition) is 3. The van der Waals surface area contributed by atoms with Crippen LogP contribution in [0.25, 0.3) is 0 Å². The maximum Gasteiger partial charge on any atom is 0.261 e. The van der Waals surface area contributed by atoms with E-state index >= 15 is 0 Å². The van der Waals surface area contributed by atoms with Crippen LogP contribution in [0.1, 0.15) is 42.6 Å². The van der Waals surface area contributed by atoms with Crippen molar-refractivity contribution in [3.8, 4) is 0 Å². The summed E-state index contributed by atoms with van der Waals surface area (Å²) in [4.78, 5) is 11.7. The number of amides is 1. The van der Waals surface area contributed by atoms with Crippen LogP contribution in [-0.4, -0.2) is 20.4 Å². The average Bonchev–Trinajstić information content (AvgIpc) is 2.30. The van der Waals surface area contributed by atoms with Gasteiger partial charge in [0.15, 0.2) is 0 Å². The van der Waals surface area contributed by atoms with Gasteiger partial charge in [0.25, 0.3) is 15.0 Å². The highest BCUT2D eigenvalue weighted by Gasteiger charge is 2.21. The molecule has 0 heterocycles. The number of halogens is 2. The molecule has 1 amide bonds. The molecule has 1 aromatic rings. The smallest absolute Gasteiger partial charge is 0.261 e. The predicted octanol–water partition coefficient (Wildman–Crippen LogP) is 2.98. The molecule has 7 heteroatoms. The van der Waals surface area contributed by atoms with E-state index in [0.29, 0.717) is 0 Å². The summed E-state index contributed by atoms with van der Waals surface area (Å²) in [6.45, 7) is 5.23. The first-order valence-corrected chi connectivity index (χ1v) is 8.53. The molecule has 112 valence electrons. The summed E-state index contributed by atoms with van der Waals surface area (Å²) < 4.78 is 36.2. The van der Waals surface area contributed by atoms with E-state index < -0.39 is 20.8 Å². The van der Waals surface area contributed by atoms with E-state index in [0.717, 1.165) is 25.0 Å². The topological polar surface area (TPSA) is 63.2 Å². The lowest BCUT2D eigenvalue weighted by molar-refractivity contribution is 0.0937. The highest BCUT2D eigenvalue weighted by molar-refractivity contribution is 8.13. The third-order valence-corrected chi connectivity index (χ3v) is 4.38. The van der Waals surface area contributed by atoms with Crippen LogP contribution < -0.4 is 5.32 Å². The van der Waals surface area contributed by atoms with Gasteiger partial charge in [0.2, 0.25) is 0 Å². The Morgan fingerprint density at radius 2 is 2.05 bits per heavy atom. The van der Waals surface area contributed by atoms with Crippen molar-refractivity contribution < 1.29 is 17.6 Å². The molecule has 0 radical (unpaired) electrons. The third-order valence-electron chi connectivity index (χ3n) is 2.93. The first-order chi connectivity index (χ1) is 9.16. The summed E-state index contributed by atoms with van der Waals surface area (Å²) >= 11 is 0. The summed E-state index contributed by atoms with van der Waals surface area (Å²) in [6.07, 6.45) is 1.67. The highest BCUT2D eigenvalue weighted by atomic mass is 35.7. The van der Waals surface area contributed by atoms with Crippen LogP contribution in [0.4, 0.5) is 4.39 Å². The summed E-state index contributed by atoms with van der Waals surface area (Å²) in [5, 5.41) is 2.70. The van der Waals surface area contributed by atoms with Crippen LogP contribution in [0, 0.1) is 12.7 Å². The normalized spacial score (nSPS) is 13.1. The maximum atomic E-state index is 13.5. The van der Waals surface area contributed by atoms with Gasteiger partial charge in [-0.15, -0.1) is 0 Å². The van der Waals surface area contributed by atoms with Gasteiger partial charge in [-0.05, 0) is 38.0 Å². The maximum absolute atomic E-state index is 13.5. The van der Waals surface area contributed by atoms with Crippen LogP contribution in [0.5, 0.6) is 0 Å². The van der Waals surface area contributed by atoms with Crippen molar-refractivity contribution in [2.75, 3.05) is 0 Å². The fraction of sp³-hybridized carbons (Fsp3) is 0.462. The van der Waals surface area contributed by atoms with Crippen molar-refractivity contribution >= 4 is 25.6 Å². The van der Waals surface area contributed by atoms with Gasteiger partial charge in [0, 0.05) is 22.3 Å². The van der Waals surface area contributed by atoms with Crippen molar-refractivity contribution in [2.24, 2.45) is 0 Å². The number of nitrogens with one attached hydrogen (secondary N) is 1. The Balaban J connectivity index is 3.19. The zero-order valence-corrected chi connectivity index (χ0v) is 13.1. The molecule has 1 rings (SSSR count). The van der Waals surface area contributed by atoms with E-state index in [1.54, 1.807) is 0 Å². The minimum atomic E-state index is -4.10. The largest absolute Gasteiger partial charge is 0.350 e. The molecule has 0 aliphatic carbocycles. The van der Waals surface area contributed by atoms with Crippen LogP contribution in [-0.2, 0) is 9.05 Å². The second kappa shape index (κ2) is 6.54. The molecule has 0 saturated heterocycles.